The first-order valence-electron chi connectivity index (χ1n) is 8.57. The molecule has 0 saturated carbocycles. The van der Waals surface area contributed by atoms with Crippen LogP contribution in [0.1, 0.15) is 31.4 Å². The van der Waals surface area contributed by atoms with Gasteiger partial charge in [0.15, 0.2) is 5.96 Å². The van der Waals surface area contributed by atoms with Crippen LogP contribution in [0.15, 0.2) is 35.8 Å². The molecule has 0 heterocycles. The minimum absolute atomic E-state index is 0. The number of unbranched alkanes of at least 4 members (excludes halogenated alkanes) is 1. The Morgan fingerprint density at radius 3 is 2.69 bits per heavy atom. The number of allylic oxidation sites excluding steroid dienone is 1. The molecule has 0 fully saturated rings. The van der Waals surface area contributed by atoms with Crippen LogP contribution in [0.4, 0.5) is 0 Å². The number of hydrogen-bond acceptors (Lipinski definition) is 4. The summed E-state index contributed by atoms with van der Waals surface area (Å²) in [4.78, 5) is 6.62. The van der Waals surface area contributed by atoms with Crippen molar-refractivity contribution in [1.82, 2.24) is 10.2 Å². The van der Waals surface area contributed by atoms with Crippen LogP contribution in [0.5, 0.6) is 11.5 Å². The van der Waals surface area contributed by atoms with Crippen molar-refractivity contribution < 1.29 is 14.6 Å². The molecule has 148 valence electrons. The number of aliphatic hydroxyl groups is 1. The highest BCUT2D eigenvalue weighted by Gasteiger charge is 2.15. The fraction of sp³-hybridized carbons (Fsp3) is 0.526. The third-order valence-electron chi connectivity index (χ3n) is 3.81. The average Bonchev–Trinajstić information content (AvgIpc) is 2.64. The fourth-order valence-electron chi connectivity index (χ4n) is 2.42. The van der Waals surface area contributed by atoms with Crippen LogP contribution in [0.2, 0.25) is 0 Å². The summed E-state index contributed by atoms with van der Waals surface area (Å²) in [6.45, 7) is 7.64. The Balaban J connectivity index is 0.00000625. The van der Waals surface area contributed by atoms with Crippen molar-refractivity contribution in [1.29, 1.82) is 0 Å². The SMILES string of the molecule is C=CCCCN(C)C(=NCC(O)c1cc(OC)ccc1OC)NCC.I. The number of rotatable bonds is 10. The van der Waals surface area contributed by atoms with E-state index in [0.717, 1.165) is 31.9 Å². The van der Waals surface area contributed by atoms with Crippen molar-refractivity contribution in [2.24, 2.45) is 4.99 Å². The quantitative estimate of drug-likeness (QED) is 0.178. The first-order valence-corrected chi connectivity index (χ1v) is 8.57. The molecule has 0 aromatic heterocycles. The molecule has 1 aromatic rings. The van der Waals surface area contributed by atoms with E-state index < -0.39 is 6.10 Å². The molecule has 0 amide bonds. The van der Waals surface area contributed by atoms with E-state index >= 15 is 0 Å². The number of guanidine groups is 1. The maximum Gasteiger partial charge on any atom is 0.193 e. The van der Waals surface area contributed by atoms with Crippen molar-refractivity contribution in [3.05, 3.63) is 36.4 Å². The largest absolute Gasteiger partial charge is 0.497 e. The average molecular weight is 477 g/mol. The van der Waals surface area contributed by atoms with E-state index in [1.807, 2.05) is 20.0 Å². The monoisotopic (exact) mass is 477 g/mol. The van der Waals surface area contributed by atoms with Crippen molar-refractivity contribution in [3.63, 3.8) is 0 Å². The molecule has 1 rings (SSSR count). The van der Waals surface area contributed by atoms with Crippen molar-refractivity contribution in [2.75, 3.05) is 40.9 Å². The van der Waals surface area contributed by atoms with Gasteiger partial charge in [0.05, 0.1) is 20.8 Å². The van der Waals surface area contributed by atoms with Gasteiger partial charge in [0.1, 0.15) is 17.6 Å². The first-order chi connectivity index (χ1) is 12.1. The number of ether oxygens (including phenoxy) is 2. The second kappa shape index (κ2) is 13.7. The Bertz CT molecular complexity index is 567. The summed E-state index contributed by atoms with van der Waals surface area (Å²) in [5, 5.41) is 13.8. The lowest BCUT2D eigenvalue weighted by Gasteiger charge is -2.22. The van der Waals surface area contributed by atoms with E-state index in [1.54, 1.807) is 32.4 Å². The van der Waals surface area contributed by atoms with Gasteiger partial charge in [-0.15, -0.1) is 30.6 Å². The molecule has 0 bridgehead atoms. The summed E-state index contributed by atoms with van der Waals surface area (Å²) in [6, 6.07) is 5.36. The van der Waals surface area contributed by atoms with E-state index in [-0.39, 0.29) is 30.5 Å². The summed E-state index contributed by atoms with van der Waals surface area (Å²) in [5.74, 6) is 2.06. The molecule has 2 N–H and O–H groups in total. The molecule has 6 nitrogen and oxygen atoms in total. The molecule has 0 aliphatic heterocycles. The molecule has 1 atom stereocenters. The zero-order valence-electron chi connectivity index (χ0n) is 16.2. The molecule has 1 unspecified atom stereocenters. The lowest BCUT2D eigenvalue weighted by atomic mass is 10.1. The Labute approximate surface area is 174 Å². The third kappa shape index (κ3) is 7.82. The Hall–Kier alpha value is -1.48. The standard InChI is InChI=1S/C19H31N3O3.HI/c1-6-8-9-12-22(3)19(20-7-2)21-14-17(23)16-13-15(24-4)10-11-18(16)25-5;/h6,10-11,13,17,23H,1,7-9,12,14H2,2-5H3,(H,20,21);1H. The number of aliphatic imine (C=N–C) groups is 1. The van der Waals surface area contributed by atoms with Crippen molar-refractivity contribution >= 4 is 29.9 Å². The number of halogens is 1. The topological polar surface area (TPSA) is 66.3 Å². The van der Waals surface area contributed by atoms with Crippen LogP contribution in [0.25, 0.3) is 0 Å². The van der Waals surface area contributed by atoms with Gasteiger partial charge in [-0.25, -0.2) is 0 Å². The Kier molecular flexibility index (Phi) is 12.9. The van der Waals surface area contributed by atoms with Gasteiger partial charge in [0, 0.05) is 25.7 Å². The minimum atomic E-state index is -0.778. The van der Waals surface area contributed by atoms with Crippen LogP contribution in [0, 0.1) is 0 Å². The predicted molar refractivity (Wildman–Crippen MR) is 118 cm³/mol. The van der Waals surface area contributed by atoms with E-state index in [9.17, 15) is 5.11 Å². The van der Waals surface area contributed by atoms with E-state index in [1.165, 1.54) is 0 Å². The normalized spacial score (nSPS) is 12.0. The third-order valence-corrected chi connectivity index (χ3v) is 3.81. The maximum absolute atomic E-state index is 10.6. The van der Waals surface area contributed by atoms with Gasteiger partial charge in [-0.2, -0.15) is 0 Å². The van der Waals surface area contributed by atoms with Crippen LogP contribution >= 0.6 is 24.0 Å². The molecule has 0 radical (unpaired) electrons. The van der Waals surface area contributed by atoms with Gasteiger partial charge in [0.2, 0.25) is 0 Å². The van der Waals surface area contributed by atoms with Crippen LogP contribution in [0.3, 0.4) is 0 Å². The molecular weight excluding hydrogens is 445 g/mol. The molecule has 0 spiro atoms. The number of benzene rings is 1. The summed E-state index contributed by atoms with van der Waals surface area (Å²) >= 11 is 0. The highest BCUT2D eigenvalue weighted by Crippen LogP contribution is 2.29. The van der Waals surface area contributed by atoms with Gasteiger partial charge in [-0.05, 0) is 38.0 Å². The van der Waals surface area contributed by atoms with Gasteiger partial charge < -0.3 is 24.8 Å². The van der Waals surface area contributed by atoms with Gasteiger partial charge >= 0.3 is 0 Å². The van der Waals surface area contributed by atoms with Gasteiger partial charge in [-0.1, -0.05) is 6.08 Å². The van der Waals surface area contributed by atoms with E-state index in [4.69, 9.17) is 9.47 Å². The second-order valence-electron chi connectivity index (χ2n) is 5.67. The lowest BCUT2D eigenvalue weighted by Crippen LogP contribution is -2.39. The van der Waals surface area contributed by atoms with E-state index in [2.05, 4.69) is 21.8 Å². The smallest absolute Gasteiger partial charge is 0.193 e. The Morgan fingerprint density at radius 2 is 2.12 bits per heavy atom. The second-order valence-corrected chi connectivity index (χ2v) is 5.67. The maximum atomic E-state index is 10.6. The first kappa shape index (κ1) is 24.5. The lowest BCUT2D eigenvalue weighted by molar-refractivity contribution is 0.181. The Morgan fingerprint density at radius 1 is 1.38 bits per heavy atom. The minimum Gasteiger partial charge on any atom is -0.497 e. The molecule has 7 heteroatoms. The number of hydrogen-bond donors (Lipinski definition) is 2. The number of methoxy groups -OCH3 is 2. The van der Waals surface area contributed by atoms with Gasteiger partial charge in [0.25, 0.3) is 0 Å². The summed E-state index contributed by atoms with van der Waals surface area (Å²) in [7, 11) is 5.17. The van der Waals surface area contributed by atoms with Crippen LogP contribution in [-0.2, 0) is 0 Å². The zero-order valence-corrected chi connectivity index (χ0v) is 18.5. The van der Waals surface area contributed by atoms with Gasteiger partial charge in [-0.3, -0.25) is 4.99 Å². The summed E-state index contributed by atoms with van der Waals surface area (Å²) in [5.41, 5.74) is 0.663. The predicted octanol–water partition coefficient (Wildman–Crippen LogP) is 3.22. The highest BCUT2D eigenvalue weighted by atomic mass is 127. The molecule has 26 heavy (non-hydrogen) atoms. The fourth-order valence-corrected chi connectivity index (χ4v) is 2.42. The zero-order chi connectivity index (χ0) is 18.7. The number of nitrogens with one attached hydrogen (secondary N) is 1. The number of aliphatic hydroxyl groups excluding tert-OH is 1. The number of nitrogens with zero attached hydrogens (tertiary/aromatic N) is 2. The van der Waals surface area contributed by atoms with Crippen LogP contribution in [-0.4, -0.2) is 56.9 Å². The van der Waals surface area contributed by atoms with Crippen molar-refractivity contribution in [3.8, 4) is 11.5 Å². The molecule has 0 saturated heterocycles. The molecule has 0 aliphatic rings. The van der Waals surface area contributed by atoms with E-state index in [0.29, 0.717) is 17.1 Å². The van der Waals surface area contributed by atoms with Crippen molar-refractivity contribution in [2.45, 2.75) is 25.9 Å². The molecular formula is C19H32IN3O3. The van der Waals surface area contributed by atoms with Crippen LogP contribution < -0.4 is 14.8 Å². The molecule has 1 aromatic carbocycles. The highest BCUT2D eigenvalue weighted by molar-refractivity contribution is 14.0. The summed E-state index contributed by atoms with van der Waals surface area (Å²) < 4.78 is 10.6. The molecule has 0 aliphatic carbocycles. The summed E-state index contributed by atoms with van der Waals surface area (Å²) in [6.07, 6.45) is 3.11.